The third kappa shape index (κ3) is 7.02. The van der Waals surface area contributed by atoms with Gasteiger partial charge < -0.3 is 21.1 Å². The summed E-state index contributed by atoms with van der Waals surface area (Å²) in [5.74, 6) is 0. The van der Waals surface area contributed by atoms with E-state index in [-0.39, 0.29) is 13.2 Å². The van der Waals surface area contributed by atoms with Crippen molar-refractivity contribution in [3.8, 4) is 0 Å². The lowest BCUT2D eigenvalue weighted by Gasteiger charge is -2.26. The quantitative estimate of drug-likeness (QED) is 0.413. The molecule has 9 nitrogen and oxygen atoms in total. The van der Waals surface area contributed by atoms with Crippen LogP contribution >= 0.6 is 0 Å². The van der Waals surface area contributed by atoms with Gasteiger partial charge in [0.05, 0.1) is 23.6 Å². The summed E-state index contributed by atoms with van der Waals surface area (Å²) in [6.45, 7) is 0.432. The van der Waals surface area contributed by atoms with Crippen molar-refractivity contribution in [2.75, 3.05) is 28.1 Å². The lowest BCUT2D eigenvalue weighted by atomic mass is 9.95. The largest absolute Gasteiger partial charge is 0.448 e. The molecule has 2 aromatic rings. The molecule has 31 heavy (non-hydrogen) atoms. The summed E-state index contributed by atoms with van der Waals surface area (Å²) < 4.78 is 29.5. The molecule has 0 saturated heterocycles. The standard InChI is InChI=1S/C21H29N5O4S/c22-21(27)30-13-12-26(31(28)29)18-6-7-19(25-17-4-2-1-3-5-17)20(14-18)24-15-16-8-10-23-11-9-16/h6-11,14,17,24-25,31H,1-5,12-13,15H2,(H2,22,27). The third-order valence-corrected chi connectivity index (χ3v) is 6.07. The molecule has 0 radical (unpaired) electrons. The highest BCUT2D eigenvalue weighted by molar-refractivity contribution is 7.74. The second kappa shape index (κ2) is 11.4. The maximum atomic E-state index is 11.8. The van der Waals surface area contributed by atoms with Gasteiger partial charge >= 0.3 is 6.09 Å². The van der Waals surface area contributed by atoms with Gasteiger partial charge in [0, 0.05) is 25.0 Å². The third-order valence-electron chi connectivity index (χ3n) is 5.24. The summed E-state index contributed by atoms with van der Waals surface area (Å²) in [5.41, 5.74) is 8.24. The topological polar surface area (TPSA) is 127 Å². The zero-order valence-corrected chi connectivity index (χ0v) is 18.2. The molecule has 1 heterocycles. The van der Waals surface area contributed by atoms with Gasteiger partial charge in [0.25, 0.3) is 0 Å². The molecule has 3 rings (SSSR count). The van der Waals surface area contributed by atoms with Crippen LogP contribution in [0.3, 0.4) is 0 Å². The van der Waals surface area contributed by atoms with Crippen LogP contribution < -0.4 is 20.7 Å². The molecule has 1 aromatic heterocycles. The Labute approximate surface area is 184 Å². The molecule has 0 bridgehead atoms. The van der Waals surface area contributed by atoms with E-state index in [1.54, 1.807) is 24.5 Å². The fourth-order valence-electron chi connectivity index (χ4n) is 3.67. The van der Waals surface area contributed by atoms with Crippen LogP contribution in [0.5, 0.6) is 0 Å². The highest BCUT2D eigenvalue weighted by Gasteiger charge is 2.17. The summed E-state index contributed by atoms with van der Waals surface area (Å²) in [6, 6.07) is 9.68. The van der Waals surface area contributed by atoms with Crippen molar-refractivity contribution in [2.24, 2.45) is 5.73 Å². The Kier molecular flexibility index (Phi) is 8.34. The van der Waals surface area contributed by atoms with Gasteiger partial charge in [-0.25, -0.2) is 13.2 Å². The van der Waals surface area contributed by atoms with E-state index in [0.717, 1.165) is 29.8 Å². The van der Waals surface area contributed by atoms with E-state index in [4.69, 9.17) is 10.5 Å². The zero-order valence-electron chi connectivity index (χ0n) is 17.3. The number of primary amides is 1. The van der Waals surface area contributed by atoms with Gasteiger partial charge in [-0.3, -0.25) is 9.29 Å². The molecule has 0 atom stereocenters. The fourth-order valence-corrected chi connectivity index (χ4v) is 4.23. The van der Waals surface area contributed by atoms with Gasteiger partial charge in [-0.1, -0.05) is 19.3 Å². The fraction of sp³-hybridized carbons (Fsp3) is 0.429. The van der Waals surface area contributed by atoms with E-state index in [0.29, 0.717) is 18.3 Å². The summed E-state index contributed by atoms with van der Waals surface area (Å²) >= 11 is 0. The van der Waals surface area contributed by atoms with Crippen molar-refractivity contribution in [1.29, 1.82) is 0 Å². The van der Waals surface area contributed by atoms with Crippen molar-refractivity contribution >= 4 is 34.0 Å². The summed E-state index contributed by atoms with van der Waals surface area (Å²) in [5, 5.41) is 7.02. The molecule has 0 spiro atoms. The average molecular weight is 448 g/mol. The first-order chi connectivity index (χ1) is 15.0. The lowest BCUT2D eigenvalue weighted by molar-refractivity contribution is 0.160. The molecule has 1 fully saturated rings. The minimum Gasteiger partial charge on any atom is -0.448 e. The van der Waals surface area contributed by atoms with Crippen molar-refractivity contribution in [2.45, 2.75) is 44.7 Å². The first-order valence-corrected chi connectivity index (χ1v) is 11.5. The number of pyridine rings is 1. The van der Waals surface area contributed by atoms with Crippen LogP contribution in [0.2, 0.25) is 0 Å². The molecule has 0 aliphatic heterocycles. The molecular formula is C21H29N5O4S. The number of ether oxygens (including phenoxy) is 1. The zero-order chi connectivity index (χ0) is 22.1. The number of carbonyl (C=O) groups is 1. The molecule has 0 unspecified atom stereocenters. The Bertz CT molecular complexity index is 925. The Hall–Kier alpha value is -3.01. The number of nitrogens with zero attached hydrogens (tertiary/aromatic N) is 2. The van der Waals surface area contributed by atoms with Gasteiger partial charge in [0.15, 0.2) is 0 Å². The number of nitrogens with two attached hydrogens (primary N) is 1. The van der Waals surface area contributed by atoms with Crippen molar-refractivity contribution in [1.82, 2.24) is 4.98 Å². The highest BCUT2D eigenvalue weighted by Crippen LogP contribution is 2.31. The number of anilines is 3. The van der Waals surface area contributed by atoms with Gasteiger partial charge in [-0.15, -0.1) is 0 Å². The highest BCUT2D eigenvalue weighted by atomic mass is 32.2. The SMILES string of the molecule is NC(=O)OCCN(c1ccc(NC2CCCCC2)c(NCc2ccncc2)c1)[SH](=O)=O. The van der Waals surface area contributed by atoms with Crippen LogP contribution in [0.25, 0.3) is 0 Å². The Morgan fingerprint density at radius 1 is 1.13 bits per heavy atom. The van der Waals surface area contributed by atoms with E-state index < -0.39 is 17.0 Å². The first kappa shape index (κ1) is 22.7. The van der Waals surface area contributed by atoms with E-state index in [1.807, 2.05) is 18.2 Å². The van der Waals surface area contributed by atoms with Gasteiger partial charge in [0.2, 0.25) is 10.9 Å². The predicted octanol–water partition coefficient (Wildman–Crippen LogP) is 2.87. The van der Waals surface area contributed by atoms with E-state index in [9.17, 15) is 13.2 Å². The molecule has 10 heteroatoms. The molecular weight excluding hydrogens is 418 g/mol. The summed E-state index contributed by atoms with van der Waals surface area (Å²) in [4.78, 5) is 14.8. The van der Waals surface area contributed by atoms with Crippen LogP contribution in [0.1, 0.15) is 37.7 Å². The van der Waals surface area contributed by atoms with Crippen LogP contribution in [0.4, 0.5) is 21.9 Å². The average Bonchev–Trinajstić information content (AvgIpc) is 2.77. The van der Waals surface area contributed by atoms with Crippen LogP contribution in [-0.4, -0.2) is 38.7 Å². The number of amides is 1. The molecule has 4 N–H and O–H groups in total. The maximum absolute atomic E-state index is 11.8. The Morgan fingerprint density at radius 2 is 1.87 bits per heavy atom. The van der Waals surface area contributed by atoms with E-state index >= 15 is 0 Å². The minimum atomic E-state index is -2.92. The predicted molar refractivity (Wildman–Crippen MR) is 122 cm³/mol. The van der Waals surface area contributed by atoms with Crippen LogP contribution in [-0.2, 0) is 22.2 Å². The molecule has 1 aliphatic rings. The van der Waals surface area contributed by atoms with E-state index in [1.165, 1.54) is 23.6 Å². The number of rotatable bonds is 10. The normalized spacial score (nSPS) is 14.2. The smallest absolute Gasteiger partial charge is 0.404 e. The molecule has 168 valence electrons. The van der Waals surface area contributed by atoms with Crippen LogP contribution in [0.15, 0.2) is 42.7 Å². The molecule has 1 aromatic carbocycles. The van der Waals surface area contributed by atoms with E-state index in [2.05, 4.69) is 15.6 Å². The van der Waals surface area contributed by atoms with Crippen molar-refractivity contribution in [3.63, 3.8) is 0 Å². The first-order valence-electron chi connectivity index (χ1n) is 10.4. The minimum absolute atomic E-state index is 0.0131. The Morgan fingerprint density at radius 3 is 2.55 bits per heavy atom. The number of nitrogens with one attached hydrogen (secondary N) is 2. The monoisotopic (exact) mass is 447 g/mol. The maximum Gasteiger partial charge on any atom is 0.404 e. The number of carbonyl (C=O) groups excluding carboxylic acids is 1. The second-order valence-electron chi connectivity index (χ2n) is 7.45. The van der Waals surface area contributed by atoms with Gasteiger partial charge in [-0.2, -0.15) is 0 Å². The van der Waals surface area contributed by atoms with Crippen molar-refractivity contribution in [3.05, 3.63) is 48.3 Å². The number of benzene rings is 1. The number of thiol groups is 1. The second-order valence-corrected chi connectivity index (χ2v) is 8.41. The number of aromatic nitrogens is 1. The number of hydrogen-bond acceptors (Lipinski definition) is 7. The molecule has 1 saturated carbocycles. The van der Waals surface area contributed by atoms with Crippen molar-refractivity contribution < 1.29 is 17.9 Å². The Balaban J connectivity index is 1.81. The summed E-state index contributed by atoms with van der Waals surface area (Å²) in [6.07, 6.45) is 8.45. The van der Waals surface area contributed by atoms with Gasteiger partial charge in [-0.05, 0) is 48.7 Å². The molecule has 1 aliphatic carbocycles. The molecule has 1 amide bonds. The summed E-state index contributed by atoms with van der Waals surface area (Å²) in [7, 11) is -2.92. The van der Waals surface area contributed by atoms with Crippen LogP contribution in [0, 0.1) is 0 Å². The lowest BCUT2D eigenvalue weighted by Crippen LogP contribution is -2.28. The van der Waals surface area contributed by atoms with Gasteiger partial charge in [0.1, 0.15) is 6.61 Å². The number of hydrogen-bond donors (Lipinski definition) is 4.